The maximum atomic E-state index is 12.6. The Kier molecular flexibility index (Phi) is 6.60. The minimum absolute atomic E-state index is 0.102. The van der Waals surface area contributed by atoms with Crippen molar-refractivity contribution in [2.75, 3.05) is 26.0 Å². The summed E-state index contributed by atoms with van der Waals surface area (Å²) in [6.07, 6.45) is 0. The normalized spacial score (nSPS) is 10.2. The van der Waals surface area contributed by atoms with Crippen molar-refractivity contribution in [2.24, 2.45) is 0 Å². The average molecular weight is 402 g/mol. The van der Waals surface area contributed by atoms with Crippen LogP contribution in [0.2, 0.25) is 0 Å². The van der Waals surface area contributed by atoms with Gasteiger partial charge in [0.2, 0.25) is 5.91 Å². The monoisotopic (exact) mass is 402 g/mol. The van der Waals surface area contributed by atoms with Crippen molar-refractivity contribution in [3.8, 4) is 5.75 Å². The highest BCUT2D eigenvalue weighted by molar-refractivity contribution is 6.09. The Hall–Kier alpha value is -3.93. The number of rotatable bonds is 7. The molecule has 0 heterocycles. The van der Waals surface area contributed by atoms with Crippen LogP contribution in [0.15, 0.2) is 78.9 Å². The molecule has 0 saturated carbocycles. The molecule has 0 aliphatic carbocycles. The molecule has 3 aromatic carbocycles. The zero-order chi connectivity index (χ0) is 21.5. The lowest BCUT2D eigenvalue weighted by molar-refractivity contribution is -0.116. The van der Waals surface area contributed by atoms with Gasteiger partial charge in [0, 0.05) is 29.4 Å². The van der Waals surface area contributed by atoms with Crippen molar-refractivity contribution in [3.05, 3.63) is 95.6 Å². The van der Waals surface area contributed by atoms with Gasteiger partial charge in [-0.2, -0.15) is 0 Å². The molecule has 0 spiro atoms. The number of nitrogens with one attached hydrogen (secondary N) is 1. The topological polar surface area (TPSA) is 75.7 Å². The number of hydrogen-bond donors (Lipinski definition) is 1. The lowest BCUT2D eigenvalue weighted by Gasteiger charge is -2.17. The van der Waals surface area contributed by atoms with Crippen LogP contribution in [0.25, 0.3) is 0 Å². The van der Waals surface area contributed by atoms with Gasteiger partial charge in [0.05, 0.1) is 13.7 Å². The molecule has 0 radical (unpaired) electrons. The molecule has 0 bridgehead atoms. The van der Waals surface area contributed by atoms with E-state index in [9.17, 15) is 14.4 Å². The molecule has 6 nitrogen and oxygen atoms in total. The van der Waals surface area contributed by atoms with Crippen LogP contribution in [0, 0.1) is 0 Å². The fraction of sp³-hybridized carbons (Fsp3) is 0.125. The van der Waals surface area contributed by atoms with Gasteiger partial charge >= 0.3 is 0 Å². The first kappa shape index (κ1) is 20.8. The van der Waals surface area contributed by atoms with E-state index in [1.807, 2.05) is 6.07 Å². The van der Waals surface area contributed by atoms with E-state index in [0.717, 1.165) is 0 Å². The Balaban J connectivity index is 1.59. The van der Waals surface area contributed by atoms with Gasteiger partial charge in [0.15, 0.2) is 5.78 Å². The molecule has 1 N–H and O–H groups in total. The van der Waals surface area contributed by atoms with Crippen LogP contribution >= 0.6 is 0 Å². The second-order valence-electron chi connectivity index (χ2n) is 6.71. The molecule has 30 heavy (non-hydrogen) atoms. The van der Waals surface area contributed by atoms with Crippen molar-refractivity contribution < 1.29 is 19.1 Å². The second kappa shape index (κ2) is 9.52. The van der Waals surface area contributed by atoms with E-state index in [2.05, 4.69) is 5.32 Å². The highest BCUT2D eigenvalue weighted by Crippen LogP contribution is 2.15. The van der Waals surface area contributed by atoms with Crippen LogP contribution in [0.5, 0.6) is 5.75 Å². The van der Waals surface area contributed by atoms with E-state index in [4.69, 9.17) is 4.74 Å². The largest absolute Gasteiger partial charge is 0.497 e. The summed E-state index contributed by atoms with van der Waals surface area (Å²) in [5.41, 5.74) is 2.10. The number of hydrogen-bond acceptors (Lipinski definition) is 4. The summed E-state index contributed by atoms with van der Waals surface area (Å²) in [5.74, 6) is -0.0400. The molecule has 0 aromatic heterocycles. The fourth-order valence-corrected chi connectivity index (χ4v) is 2.90. The van der Waals surface area contributed by atoms with E-state index in [1.54, 1.807) is 87.0 Å². The first-order chi connectivity index (χ1) is 14.5. The number of anilines is 1. The first-order valence-electron chi connectivity index (χ1n) is 9.37. The van der Waals surface area contributed by atoms with Crippen molar-refractivity contribution in [1.82, 2.24) is 4.90 Å². The minimum Gasteiger partial charge on any atom is -0.497 e. The van der Waals surface area contributed by atoms with Crippen LogP contribution in [0.1, 0.15) is 26.3 Å². The zero-order valence-electron chi connectivity index (χ0n) is 16.8. The fourth-order valence-electron chi connectivity index (χ4n) is 2.90. The predicted molar refractivity (Wildman–Crippen MR) is 115 cm³/mol. The van der Waals surface area contributed by atoms with Crippen LogP contribution < -0.4 is 10.1 Å². The summed E-state index contributed by atoms with van der Waals surface area (Å²) in [6, 6.07) is 22.3. The third-order valence-electron chi connectivity index (χ3n) is 4.53. The number of amides is 2. The molecule has 0 unspecified atom stereocenters. The van der Waals surface area contributed by atoms with Crippen molar-refractivity contribution in [3.63, 3.8) is 0 Å². The average Bonchev–Trinajstić information content (AvgIpc) is 2.79. The van der Waals surface area contributed by atoms with E-state index in [0.29, 0.717) is 28.1 Å². The Morgan fingerprint density at radius 3 is 1.97 bits per heavy atom. The molecule has 3 rings (SSSR count). The number of likely N-dealkylation sites (N-methyl/N-ethyl adjacent to an activating group) is 1. The van der Waals surface area contributed by atoms with E-state index >= 15 is 0 Å². The second-order valence-corrected chi connectivity index (χ2v) is 6.71. The lowest BCUT2D eigenvalue weighted by Crippen LogP contribution is -2.34. The van der Waals surface area contributed by atoms with Gasteiger partial charge in [-0.05, 0) is 36.4 Å². The van der Waals surface area contributed by atoms with Gasteiger partial charge in [0.1, 0.15) is 5.75 Å². The van der Waals surface area contributed by atoms with Crippen LogP contribution in [0.3, 0.4) is 0 Å². The Bertz CT molecular complexity index is 1030. The van der Waals surface area contributed by atoms with Gasteiger partial charge in [0.25, 0.3) is 5.91 Å². The van der Waals surface area contributed by atoms with Gasteiger partial charge in [-0.3, -0.25) is 14.4 Å². The third kappa shape index (κ3) is 5.11. The highest BCUT2D eigenvalue weighted by Gasteiger charge is 2.16. The molecular formula is C24H22N2O4. The third-order valence-corrected chi connectivity index (χ3v) is 4.53. The van der Waals surface area contributed by atoms with E-state index in [1.165, 1.54) is 4.90 Å². The number of carbonyl (C=O) groups is 3. The molecule has 0 atom stereocenters. The Labute approximate surface area is 175 Å². The quantitative estimate of drug-likeness (QED) is 0.612. The smallest absolute Gasteiger partial charge is 0.254 e. The molecule has 3 aromatic rings. The molecule has 0 saturated heterocycles. The van der Waals surface area contributed by atoms with Crippen LogP contribution in [-0.2, 0) is 4.79 Å². The van der Waals surface area contributed by atoms with Gasteiger partial charge in [-0.25, -0.2) is 0 Å². The van der Waals surface area contributed by atoms with Gasteiger partial charge in [-0.15, -0.1) is 0 Å². The number of carbonyl (C=O) groups excluding carboxylic acids is 3. The molecular weight excluding hydrogens is 380 g/mol. The molecule has 0 fully saturated rings. The number of ketones is 1. The SMILES string of the molecule is COc1ccc(NC(=O)CN(C)C(=O)c2ccc(C(=O)c3ccccc3)cc2)cc1. The Morgan fingerprint density at radius 2 is 1.37 bits per heavy atom. The van der Waals surface area contributed by atoms with E-state index < -0.39 is 0 Å². The number of methoxy groups -OCH3 is 1. The van der Waals surface area contributed by atoms with Gasteiger partial charge in [-0.1, -0.05) is 42.5 Å². The Morgan fingerprint density at radius 1 is 0.800 bits per heavy atom. The predicted octanol–water partition coefficient (Wildman–Crippen LogP) is 3.64. The number of ether oxygens (including phenoxy) is 1. The van der Waals surface area contributed by atoms with Crippen molar-refractivity contribution >= 4 is 23.3 Å². The van der Waals surface area contributed by atoms with E-state index in [-0.39, 0.29) is 24.1 Å². The molecule has 152 valence electrons. The number of benzene rings is 3. The molecule has 0 aliphatic rings. The molecule has 6 heteroatoms. The maximum Gasteiger partial charge on any atom is 0.254 e. The summed E-state index contributed by atoms with van der Waals surface area (Å²) in [6.45, 7) is -0.102. The highest BCUT2D eigenvalue weighted by atomic mass is 16.5. The molecule has 2 amide bonds. The van der Waals surface area contributed by atoms with Crippen molar-refractivity contribution in [2.45, 2.75) is 0 Å². The zero-order valence-corrected chi connectivity index (χ0v) is 16.8. The minimum atomic E-state index is -0.313. The van der Waals surface area contributed by atoms with Crippen molar-refractivity contribution in [1.29, 1.82) is 0 Å². The maximum absolute atomic E-state index is 12.6. The summed E-state index contributed by atoms with van der Waals surface area (Å²) >= 11 is 0. The summed E-state index contributed by atoms with van der Waals surface area (Å²) in [5, 5.41) is 2.74. The molecule has 0 aliphatic heterocycles. The van der Waals surface area contributed by atoms with Crippen LogP contribution in [-0.4, -0.2) is 43.2 Å². The summed E-state index contributed by atoms with van der Waals surface area (Å²) in [4.78, 5) is 38.6. The number of nitrogens with zero attached hydrogens (tertiary/aromatic N) is 1. The summed E-state index contributed by atoms with van der Waals surface area (Å²) in [7, 11) is 3.12. The lowest BCUT2D eigenvalue weighted by atomic mass is 10.0. The first-order valence-corrected chi connectivity index (χ1v) is 9.37. The van der Waals surface area contributed by atoms with Gasteiger partial charge < -0.3 is 15.0 Å². The standard InChI is InChI=1S/C24H22N2O4/c1-26(16-22(27)25-20-12-14-21(30-2)15-13-20)24(29)19-10-8-18(9-11-19)23(28)17-6-4-3-5-7-17/h3-15H,16H2,1-2H3,(H,25,27). The summed E-state index contributed by atoms with van der Waals surface area (Å²) < 4.78 is 5.08. The van der Waals surface area contributed by atoms with Crippen LogP contribution in [0.4, 0.5) is 5.69 Å².